The summed E-state index contributed by atoms with van der Waals surface area (Å²) in [4.78, 5) is 13.1. The molecule has 0 unspecified atom stereocenters. The third-order valence-electron chi connectivity index (χ3n) is 5.89. The van der Waals surface area contributed by atoms with Crippen LogP contribution in [-0.2, 0) is 16.0 Å². The van der Waals surface area contributed by atoms with E-state index in [2.05, 4.69) is 59.5 Å². The number of rotatable bonds is 11. The number of aliphatic carboxylic acids is 1. The number of hydrogen-bond donors (Lipinski definition) is 1. The number of anilines is 1. The van der Waals surface area contributed by atoms with Crippen LogP contribution in [0, 0.1) is 0 Å². The lowest BCUT2D eigenvalue weighted by atomic mass is 9.89. The maximum Gasteiger partial charge on any atom is 0.341 e. The third-order valence-corrected chi connectivity index (χ3v) is 5.89. The Kier molecular flexibility index (Phi) is 7.41. The Morgan fingerprint density at radius 1 is 0.906 bits per heavy atom. The molecule has 1 aliphatic rings. The van der Waals surface area contributed by atoms with Crippen LogP contribution in [0.4, 0.5) is 5.69 Å². The fourth-order valence-electron chi connectivity index (χ4n) is 4.35. The highest BCUT2D eigenvalue weighted by atomic mass is 16.5. The molecule has 1 heterocycles. The summed E-state index contributed by atoms with van der Waals surface area (Å²) in [7, 11) is 0. The molecule has 0 aromatic heterocycles. The molecule has 5 heteroatoms. The minimum absolute atomic E-state index is 0.316. The van der Waals surface area contributed by atoms with Crippen molar-refractivity contribution in [2.75, 3.05) is 37.8 Å². The smallest absolute Gasteiger partial charge is 0.341 e. The van der Waals surface area contributed by atoms with Gasteiger partial charge in [-0.3, -0.25) is 0 Å². The molecule has 0 spiro atoms. The molecule has 1 N–H and O–H groups in total. The number of carbonyl (C=O) groups is 1. The van der Waals surface area contributed by atoms with E-state index in [0.29, 0.717) is 24.9 Å². The van der Waals surface area contributed by atoms with E-state index in [-0.39, 0.29) is 6.61 Å². The molecule has 1 aliphatic heterocycles. The van der Waals surface area contributed by atoms with Crippen LogP contribution in [0.15, 0.2) is 78.9 Å². The van der Waals surface area contributed by atoms with E-state index in [4.69, 9.17) is 14.6 Å². The van der Waals surface area contributed by atoms with Gasteiger partial charge in [0, 0.05) is 36.9 Å². The van der Waals surface area contributed by atoms with Gasteiger partial charge in [0.15, 0.2) is 6.61 Å². The molecule has 4 rings (SSSR count). The predicted octanol–water partition coefficient (Wildman–Crippen LogP) is 4.75. The summed E-state index contributed by atoms with van der Waals surface area (Å²) in [5.74, 6) is 0.0240. The summed E-state index contributed by atoms with van der Waals surface area (Å²) in [5.41, 5.74) is 4.82. The molecular weight excluding hydrogens is 402 g/mol. The zero-order valence-electron chi connectivity index (χ0n) is 18.2. The molecular formula is C27H29NO4. The van der Waals surface area contributed by atoms with Crippen molar-refractivity contribution in [3.05, 3.63) is 95.6 Å². The van der Waals surface area contributed by atoms with Gasteiger partial charge in [0.05, 0.1) is 6.61 Å². The second kappa shape index (κ2) is 10.8. The summed E-state index contributed by atoms with van der Waals surface area (Å²) in [6, 6.07) is 27.0. The van der Waals surface area contributed by atoms with Gasteiger partial charge in [0.25, 0.3) is 0 Å². The zero-order chi connectivity index (χ0) is 22.2. The van der Waals surface area contributed by atoms with E-state index < -0.39 is 5.97 Å². The molecule has 3 aromatic rings. The Morgan fingerprint density at radius 2 is 1.59 bits per heavy atom. The highest BCUT2D eigenvalue weighted by molar-refractivity contribution is 5.69. The van der Waals surface area contributed by atoms with Gasteiger partial charge in [-0.2, -0.15) is 0 Å². The standard InChI is InChI=1S/C27H29NO4/c29-27(30)20-32-26-13-7-12-25-24(26)14-16-28(25)17-19-31-18-15-23(21-8-3-1-4-9-21)22-10-5-2-6-11-22/h1-13,23H,14-20H2,(H,29,30). The van der Waals surface area contributed by atoms with Gasteiger partial charge in [0.1, 0.15) is 5.75 Å². The maximum atomic E-state index is 10.8. The fourth-order valence-corrected chi connectivity index (χ4v) is 4.35. The van der Waals surface area contributed by atoms with Crippen molar-refractivity contribution in [3.8, 4) is 5.75 Å². The van der Waals surface area contributed by atoms with Crippen molar-refractivity contribution in [2.45, 2.75) is 18.8 Å². The predicted molar refractivity (Wildman–Crippen MR) is 126 cm³/mol. The van der Waals surface area contributed by atoms with Crippen LogP contribution < -0.4 is 9.64 Å². The first-order chi connectivity index (χ1) is 15.7. The molecule has 32 heavy (non-hydrogen) atoms. The largest absolute Gasteiger partial charge is 0.482 e. The Bertz CT molecular complexity index is 967. The van der Waals surface area contributed by atoms with Crippen LogP contribution in [0.25, 0.3) is 0 Å². The minimum Gasteiger partial charge on any atom is -0.482 e. The molecule has 0 fully saturated rings. The molecule has 0 amide bonds. The topological polar surface area (TPSA) is 59.0 Å². The van der Waals surface area contributed by atoms with Crippen molar-refractivity contribution in [3.63, 3.8) is 0 Å². The summed E-state index contributed by atoms with van der Waals surface area (Å²) in [6.45, 7) is 2.72. The Morgan fingerprint density at radius 3 is 2.25 bits per heavy atom. The average Bonchev–Trinajstić information content (AvgIpc) is 3.25. The number of benzene rings is 3. The number of carboxylic acids is 1. The number of carboxylic acid groups (broad SMARTS) is 1. The van der Waals surface area contributed by atoms with Gasteiger partial charge in [-0.25, -0.2) is 4.79 Å². The molecule has 0 bridgehead atoms. The number of hydrogen-bond acceptors (Lipinski definition) is 4. The van der Waals surface area contributed by atoms with Crippen LogP contribution in [0.1, 0.15) is 29.0 Å². The van der Waals surface area contributed by atoms with Gasteiger partial charge in [0.2, 0.25) is 0 Å². The van der Waals surface area contributed by atoms with Gasteiger partial charge in [-0.15, -0.1) is 0 Å². The average molecular weight is 432 g/mol. The lowest BCUT2D eigenvalue weighted by Gasteiger charge is -2.21. The van der Waals surface area contributed by atoms with Crippen LogP contribution in [-0.4, -0.2) is 44.0 Å². The second-order valence-corrected chi connectivity index (χ2v) is 7.95. The normalized spacial score (nSPS) is 12.7. The minimum atomic E-state index is -0.963. The third kappa shape index (κ3) is 5.48. The SMILES string of the molecule is O=C(O)COc1cccc2c1CCN2CCOCCC(c1ccccc1)c1ccccc1. The highest BCUT2D eigenvalue weighted by Gasteiger charge is 2.22. The van der Waals surface area contributed by atoms with E-state index in [1.54, 1.807) is 0 Å². The van der Waals surface area contributed by atoms with Gasteiger partial charge >= 0.3 is 5.97 Å². The Labute approximate surface area is 189 Å². The molecule has 0 radical (unpaired) electrons. The summed E-state index contributed by atoms with van der Waals surface area (Å²) in [5, 5.41) is 8.87. The monoisotopic (exact) mass is 431 g/mol. The molecule has 0 aliphatic carbocycles. The molecule has 5 nitrogen and oxygen atoms in total. The second-order valence-electron chi connectivity index (χ2n) is 7.95. The fraction of sp³-hybridized carbons (Fsp3) is 0.296. The van der Waals surface area contributed by atoms with Crippen LogP contribution in [0.5, 0.6) is 5.75 Å². The lowest BCUT2D eigenvalue weighted by Crippen LogP contribution is -2.25. The summed E-state index contributed by atoms with van der Waals surface area (Å²) in [6.07, 6.45) is 1.78. The van der Waals surface area contributed by atoms with E-state index in [9.17, 15) is 4.79 Å². The van der Waals surface area contributed by atoms with Crippen molar-refractivity contribution in [1.82, 2.24) is 0 Å². The van der Waals surface area contributed by atoms with E-state index in [1.165, 1.54) is 11.1 Å². The molecule has 3 aromatic carbocycles. The first kappa shape index (κ1) is 21.9. The summed E-state index contributed by atoms with van der Waals surface area (Å²) >= 11 is 0. The quantitative estimate of drug-likeness (QED) is 0.444. The molecule has 166 valence electrons. The molecule has 0 saturated carbocycles. The van der Waals surface area contributed by atoms with Crippen molar-refractivity contribution in [2.24, 2.45) is 0 Å². The van der Waals surface area contributed by atoms with Gasteiger partial charge in [-0.1, -0.05) is 66.7 Å². The highest BCUT2D eigenvalue weighted by Crippen LogP contribution is 2.35. The molecule has 0 atom stereocenters. The number of ether oxygens (including phenoxy) is 2. The number of fused-ring (bicyclic) bond motifs is 1. The van der Waals surface area contributed by atoms with Crippen molar-refractivity contribution < 1.29 is 19.4 Å². The lowest BCUT2D eigenvalue weighted by molar-refractivity contribution is -0.139. The van der Waals surface area contributed by atoms with E-state index in [0.717, 1.165) is 37.2 Å². The van der Waals surface area contributed by atoms with Gasteiger partial charge in [-0.05, 0) is 36.1 Å². The van der Waals surface area contributed by atoms with Crippen LogP contribution in [0.3, 0.4) is 0 Å². The van der Waals surface area contributed by atoms with Gasteiger partial charge < -0.3 is 19.5 Å². The first-order valence-electron chi connectivity index (χ1n) is 11.1. The van der Waals surface area contributed by atoms with E-state index >= 15 is 0 Å². The van der Waals surface area contributed by atoms with Crippen molar-refractivity contribution in [1.29, 1.82) is 0 Å². The zero-order valence-corrected chi connectivity index (χ0v) is 18.2. The Hall–Kier alpha value is -3.31. The van der Waals surface area contributed by atoms with E-state index in [1.807, 2.05) is 24.3 Å². The number of nitrogens with zero attached hydrogens (tertiary/aromatic N) is 1. The molecule has 0 saturated heterocycles. The van der Waals surface area contributed by atoms with Crippen LogP contribution in [0.2, 0.25) is 0 Å². The Balaban J connectivity index is 1.30. The first-order valence-corrected chi connectivity index (χ1v) is 11.1. The van der Waals surface area contributed by atoms with Crippen LogP contribution >= 0.6 is 0 Å². The maximum absolute atomic E-state index is 10.8. The van der Waals surface area contributed by atoms with Crippen molar-refractivity contribution >= 4 is 11.7 Å². The summed E-state index contributed by atoms with van der Waals surface area (Å²) < 4.78 is 11.5.